The van der Waals surface area contributed by atoms with Crippen molar-refractivity contribution in [2.24, 2.45) is 5.41 Å². The fourth-order valence-electron chi connectivity index (χ4n) is 1.58. The van der Waals surface area contributed by atoms with Crippen molar-refractivity contribution in [3.05, 3.63) is 23.3 Å². The maximum absolute atomic E-state index is 13.6. The fraction of sp³-hybridized carbons (Fsp3) is 0.333. The Morgan fingerprint density at radius 1 is 1.09 bits per heavy atom. The van der Waals surface area contributed by atoms with Gasteiger partial charge < -0.3 is 19.9 Å². The first kappa shape index (κ1) is 15.9. The van der Waals surface area contributed by atoms with Gasteiger partial charge in [0.05, 0.1) is 0 Å². The molecule has 1 heterocycles. The Morgan fingerprint density at radius 3 is 2.14 bits per heavy atom. The highest BCUT2D eigenvalue weighted by molar-refractivity contribution is 5.82. The number of hydrogen-bond donors (Lipinski definition) is 1. The molecule has 1 aromatic rings. The number of halogens is 4. The van der Waals surface area contributed by atoms with E-state index in [1.165, 1.54) is 6.92 Å². The van der Waals surface area contributed by atoms with Crippen molar-refractivity contribution in [3.8, 4) is 5.75 Å². The molecule has 1 fully saturated rings. The molecule has 0 atom stereocenters. The number of carbonyl (C=O) groups excluding carboxylic acids is 2. The van der Waals surface area contributed by atoms with E-state index in [-0.39, 0.29) is 0 Å². The zero-order chi connectivity index (χ0) is 16.7. The number of rotatable bonds is 2. The molecule has 0 amide bonds. The van der Waals surface area contributed by atoms with Crippen molar-refractivity contribution in [1.29, 1.82) is 0 Å². The molecule has 1 aliphatic rings. The molecule has 0 bridgehead atoms. The second-order valence-electron chi connectivity index (χ2n) is 4.78. The van der Waals surface area contributed by atoms with Crippen molar-refractivity contribution in [2.75, 3.05) is 18.9 Å². The predicted molar refractivity (Wildman–Crippen MR) is 61.7 cm³/mol. The van der Waals surface area contributed by atoms with Crippen LogP contribution in [0.3, 0.4) is 0 Å². The Morgan fingerprint density at radius 2 is 1.59 bits per heavy atom. The lowest BCUT2D eigenvalue weighted by molar-refractivity contribution is -0.156. The number of anilines is 1. The Kier molecular flexibility index (Phi) is 3.86. The zero-order valence-electron chi connectivity index (χ0n) is 11.0. The quantitative estimate of drug-likeness (QED) is 0.223. The monoisotopic (exact) mass is 323 g/mol. The van der Waals surface area contributed by atoms with Crippen LogP contribution in [0.1, 0.15) is 6.92 Å². The average Bonchev–Trinajstić information content (AvgIpc) is 2.50. The molecule has 0 radical (unpaired) electrons. The number of nitrogen functional groups attached to an aromatic ring is 1. The van der Waals surface area contributed by atoms with Gasteiger partial charge in [-0.15, -0.1) is 0 Å². The Balaban J connectivity index is 2.31. The highest BCUT2D eigenvalue weighted by Gasteiger charge is 2.43. The van der Waals surface area contributed by atoms with Crippen molar-refractivity contribution in [2.45, 2.75) is 6.92 Å². The first-order valence-corrected chi connectivity index (χ1v) is 5.80. The third-order valence-corrected chi connectivity index (χ3v) is 2.96. The van der Waals surface area contributed by atoms with Crippen LogP contribution in [-0.4, -0.2) is 25.3 Å². The van der Waals surface area contributed by atoms with Crippen LogP contribution < -0.4 is 10.5 Å². The van der Waals surface area contributed by atoms with Crippen LogP contribution in [-0.2, 0) is 14.3 Å². The normalized spacial score (nSPS) is 16.7. The van der Waals surface area contributed by atoms with Gasteiger partial charge in [0.15, 0.2) is 17.4 Å². The van der Waals surface area contributed by atoms with Crippen LogP contribution in [0.4, 0.5) is 28.0 Å². The second-order valence-corrected chi connectivity index (χ2v) is 4.78. The highest BCUT2D eigenvalue weighted by atomic mass is 19.2. The minimum Gasteiger partial charge on any atom is -0.433 e. The summed E-state index contributed by atoms with van der Waals surface area (Å²) in [4.78, 5) is 22.7. The standard InChI is InChI=1S/C12H9F4NO5/c1-12(2-20-11(19)21-3-12)10(18)22-9-7(16)5(14)4(13)6(15)8(9)17/h2-3,17H2,1H3. The molecule has 1 aromatic carbocycles. The second kappa shape index (κ2) is 5.35. The van der Waals surface area contributed by atoms with E-state index in [0.29, 0.717) is 0 Å². The molecular weight excluding hydrogens is 314 g/mol. The van der Waals surface area contributed by atoms with Gasteiger partial charge in [0.25, 0.3) is 0 Å². The van der Waals surface area contributed by atoms with Gasteiger partial charge in [-0.25, -0.2) is 18.0 Å². The number of cyclic esters (lactones) is 2. The highest BCUT2D eigenvalue weighted by Crippen LogP contribution is 2.34. The molecule has 0 spiro atoms. The van der Waals surface area contributed by atoms with Gasteiger partial charge in [-0.05, 0) is 6.92 Å². The van der Waals surface area contributed by atoms with Gasteiger partial charge in [-0.3, -0.25) is 4.79 Å². The third kappa shape index (κ3) is 2.51. The number of esters is 1. The summed E-state index contributed by atoms with van der Waals surface area (Å²) in [6.07, 6.45) is -1.02. The van der Waals surface area contributed by atoms with Gasteiger partial charge in [0.2, 0.25) is 11.6 Å². The number of benzene rings is 1. The van der Waals surface area contributed by atoms with E-state index in [0.717, 1.165) is 0 Å². The largest absolute Gasteiger partial charge is 0.508 e. The number of carbonyl (C=O) groups is 2. The van der Waals surface area contributed by atoms with Gasteiger partial charge in [0.1, 0.15) is 24.3 Å². The summed E-state index contributed by atoms with van der Waals surface area (Å²) in [6.45, 7) is 0.322. The third-order valence-electron chi connectivity index (χ3n) is 2.96. The molecule has 22 heavy (non-hydrogen) atoms. The molecule has 0 aliphatic carbocycles. The summed E-state index contributed by atoms with van der Waals surface area (Å²) in [7, 11) is 0. The predicted octanol–water partition coefficient (Wildman–Crippen LogP) is 1.90. The van der Waals surface area contributed by atoms with Crippen molar-refractivity contribution in [3.63, 3.8) is 0 Å². The number of hydrogen-bond acceptors (Lipinski definition) is 6. The number of ether oxygens (including phenoxy) is 3. The lowest BCUT2D eigenvalue weighted by Crippen LogP contribution is -2.45. The summed E-state index contributed by atoms with van der Waals surface area (Å²) in [5, 5.41) is 0. The van der Waals surface area contributed by atoms with Gasteiger partial charge in [-0.2, -0.15) is 4.39 Å². The van der Waals surface area contributed by atoms with Crippen molar-refractivity contribution < 1.29 is 41.4 Å². The van der Waals surface area contributed by atoms with Crippen LogP contribution in [0.25, 0.3) is 0 Å². The van der Waals surface area contributed by atoms with E-state index >= 15 is 0 Å². The van der Waals surface area contributed by atoms with Crippen LogP contribution in [0.15, 0.2) is 0 Å². The molecule has 0 unspecified atom stereocenters. The summed E-state index contributed by atoms with van der Waals surface area (Å²) in [5.74, 6) is -10.7. The minimum absolute atomic E-state index is 0.460. The van der Waals surface area contributed by atoms with E-state index in [4.69, 9.17) is 5.73 Å². The molecule has 2 N–H and O–H groups in total. The maximum Gasteiger partial charge on any atom is 0.508 e. The minimum atomic E-state index is -2.18. The first-order valence-electron chi connectivity index (χ1n) is 5.80. The topological polar surface area (TPSA) is 87.9 Å². The summed E-state index contributed by atoms with van der Waals surface area (Å²) in [6, 6.07) is 0. The van der Waals surface area contributed by atoms with Gasteiger partial charge in [-0.1, -0.05) is 0 Å². The Bertz CT molecular complexity index is 624. The van der Waals surface area contributed by atoms with E-state index in [1.54, 1.807) is 0 Å². The average molecular weight is 323 g/mol. The molecule has 120 valence electrons. The van der Waals surface area contributed by atoms with Crippen LogP contribution in [0, 0.1) is 28.7 Å². The molecular formula is C12H9F4NO5. The smallest absolute Gasteiger partial charge is 0.433 e. The van der Waals surface area contributed by atoms with Crippen molar-refractivity contribution in [1.82, 2.24) is 0 Å². The molecule has 6 nitrogen and oxygen atoms in total. The zero-order valence-corrected chi connectivity index (χ0v) is 11.0. The van der Waals surface area contributed by atoms with E-state index in [1.807, 2.05) is 0 Å². The maximum atomic E-state index is 13.6. The van der Waals surface area contributed by atoms with Gasteiger partial charge in [0, 0.05) is 0 Å². The summed E-state index contributed by atoms with van der Waals surface area (Å²) in [5.41, 5.74) is 2.33. The molecule has 1 aliphatic heterocycles. The Hall–Kier alpha value is -2.52. The van der Waals surface area contributed by atoms with Gasteiger partial charge >= 0.3 is 12.1 Å². The SMILES string of the molecule is CC1(C(=O)Oc2c(N)c(F)c(F)c(F)c2F)COC(=O)OC1. The fourth-order valence-corrected chi connectivity index (χ4v) is 1.58. The lowest BCUT2D eigenvalue weighted by atomic mass is 9.92. The molecule has 10 heteroatoms. The van der Waals surface area contributed by atoms with E-state index in [2.05, 4.69) is 14.2 Å². The lowest BCUT2D eigenvalue weighted by Gasteiger charge is -2.29. The van der Waals surface area contributed by atoms with Crippen molar-refractivity contribution >= 4 is 17.8 Å². The molecule has 0 saturated carbocycles. The van der Waals surface area contributed by atoms with E-state index < -0.39 is 65.5 Å². The molecule has 1 saturated heterocycles. The summed E-state index contributed by atoms with van der Waals surface area (Å²) < 4.78 is 66.4. The summed E-state index contributed by atoms with van der Waals surface area (Å²) >= 11 is 0. The molecule has 2 rings (SSSR count). The number of nitrogens with two attached hydrogens (primary N) is 1. The van der Waals surface area contributed by atoms with Crippen LogP contribution >= 0.6 is 0 Å². The van der Waals surface area contributed by atoms with Crippen LogP contribution in [0.5, 0.6) is 5.75 Å². The first-order chi connectivity index (χ1) is 10.2. The van der Waals surface area contributed by atoms with Crippen LogP contribution in [0.2, 0.25) is 0 Å². The van der Waals surface area contributed by atoms with E-state index in [9.17, 15) is 27.2 Å². The Labute approximate surface area is 120 Å². The molecule has 0 aromatic heterocycles.